The highest BCUT2D eigenvalue weighted by Gasteiger charge is 2.23. The molecule has 0 aliphatic rings. The fraction of sp³-hybridized carbons (Fsp3) is 0.391. The molecule has 0 unspecified atom stereocenters. The first-order valence-corrected chi connectivity index (χ1v) is 13.5. The van der Waals surface area contributed by atoms with Gasteiger partial charge < -0.3 is 4.90 Å². The molecular weight excluding hydrogens is 501 g/mol. The van der Waals surface area contributed by atoms with E-state index < -0.39 is 9.84 Å². The highest BCUT2D eigenvalue weighted by molar-refractivity contribution is 7.91. The fourth-order valence-corrected chi connectivity index (χ4v) is 5.84. The minimum absolute atomic E-state index is 0. The van der Waals surface area contributed by atoms with Crippen molar-refractivity contribution < 1.29 is 13.2 Å². The number of nitrogens with zero attached hydrogens (tertiary/aromatic N) is 3. The molecule has 0 aliphatic carbocycles. The average Bonchev–Trinajstić information content (AvgIpc) is 3.18. The molecule has 0 saturated heterocycles. The number of benzene rings is 2. The molecule has 10 heteroatoms. The number of hydrogen-bond donors (Lipinski definition) is 0. The van der Waals surface area contributed by atoms with Gasteiger partial charge in [-0.05, 0) is 50.3 Å². The first-order valence-electron chi connectivity index (χ1n) is 10.6. The number of likely N-dealkylation sites (N-methyl/N-ethyl adjacent to an activating group) is 1. The molecule has 3 rings (SSSR count). The number of sulfone groups is 1. The zero-order chi connectivity index (χ0) is 23.3. The Labute approximate surface area is 210 Å². The number of aryl methyl sites for hydroxylation is 1. The summed E-state index contributed by atoms with van der Waals surface area (Å²) >= 11 is 7.49. The van der Waals surface area contributed by atoms with Crippen LogP contribution in [0.15, 0.2) is 47.4 Å². The highest BCUT2D eigenvalue weighted by Crippen LogP contribution is 2.31. The summed E-state index contributed by atoms with van der Waals surface area (Å²) < 4.78 is 26.4. The van der Waals surface area contributed by atoms with Gasteiger partial charge in [0.1, 0.15) is 0 Å². The summed E-state index contributed by atoms with van der Waals surface area (Å²) in [5.41, 5.74) is 1.75. The third-order valence-corrected chi connectivity index (χ3v) is 8.38. The lowest BCUT2D eigenvalue weighted by molar-refractivity contribution is -0.118. The molecule has 0 bridgehead atoms. The minimum Gasteiger partial charge on any atom is -0.302 e. The van der Waals surface area contributed by atoms with E-state index in [1.807, 2.05) is 19.1 Å². The summed E-state index contributed by atoms with van der Waals surface area (Å²) in [6.07, 6.45) is -0.106. The quantitative estimate of drug-likeness (QED) is 0.360. The van der Waals surface area contributed by atoms with Gasteiger partial charge in [0.15, 0.2) is 15.0 Å². The predicted octanol–water partition coefficient (Wildman–Crippen LogP) is 5.22. The molecule has 0 saturated carbocycles. The molecule has 2 aromatic carbocycles. The van der Waals surface area contributed by atoms with Gasteiger partial charge in [0.05, 0.1) is 20.9 Å². The van der Waals surface area contributed by atoms with Crippen LogP contribution in [0.3, 0.4) is 0 Å². The van der Waals surface area contributed by atoms with Gasteiger partial charge >= 0.3 is 0 Å². The number of halogens is 2. The number of carbonyl (C=O) groups is 1. The Morgan fingerprint density at radius 2 is 1.73 bits per heavy atom. The maximum absolute atomic E-state index is 13.2. The molecule has 0 atom stereocenters. The van der Waals surface area contributed by atoms with Crippen LogP contribution in [-0.2, 0) is 14.6 Å². The maximum Gasteiger partial charge on any atom is 0.229 e. The summed E-state index contributed by atoms with van der Waals surface area (Å²) in [4.78, 5) is 21.9. The van der Waals surface area contributed by atoms with Gasteiger partial charge in [-0.3, -0.25) is 9.69 Å². The number of carbonyl (C=O) groups excluding carboxylic acids is 1. The molecule has 33 heavy (non-hydrogen) atoms. The highest BCUT2D eigenvalue weighted by atomic mass is 35.5. The molecule has 1 heterocycles. The standard InChI is InChI=1S/C23H28ClN3O3S2.ClH/c1-4-26(5-2)13-14-27(23-25-20-11-8-18(24)16-21(20)31-23)22(28)12-15-32(29,30)19-9-6-17(3)7-10-19;/h6-11,16H,4-5,12-15H2,1-3H3;1H. The number of hydrogen-bond acceptors (Lipinski definition) is 6. The fourth-order valence-electron chi connectivity index (χ4n) is 3.33. The topological polar surface area (TPSA) is 70.6 Å². The lowest BCUT2D eigenvalue weighted by Crippen LogP contribution is -2.39. The van der Waals surface area contributed by atoms with Gasteiger partial charge in [0.2, 0.25) is 5.91 Å². The van der Waals surface area contributed by atoms with E-state index in [0.717, 1.165) is 28.9 Å². The Morgan fingerprint density at radius 3 is 2.36 bits per heavy atom. The van der Waals surface area contributed by atoms with Gasteiger partial charge in [-0.15, -0.1) is 12.4 Å². The van der Waals surface area contributed by atoms with Crippen molar-refractivity contribution in [3.63, 3.8) is 0 Å². The number of thiazole rings is 1. The summed E-state index contributed by atoms with van der Waals surface area (Å²) in [7, 11) is -3.55. The first-order chi connectivity index (χ1) is 15.2. The molecule has 180 valence electrons. The molecule has 0 fully saturated rings. The molecule has 0 N–H and O–H groups in total. The predicted molar refractivity (Wildman–Crippen MR) is 140 cm³/mol. The van der Waals surface area contributed by atoms with Crippen molar-refractivity contribution in [1.82, 2.24) is 9.88 Å². The maximum atomic E-state index is 13.2. The Balaban J connectivity index is 0.00000385. The average molecular weight is 531 g/mol. The Bertz CT molecular complexity index is 1180. The summed E-state index contributed by atoms with van der Waals surface area (Å²) in [6.45, 7) is 8.91. The number of anilines is 1. The van der Waals surface area contributed by atoms with E-state index in [1.165, 1.54) is 11.3 Å². The second kappa shape index (κ2) is 12.1. The zero-order valence-corrected chi connectivity index (χ0v) is 22.2. The Hall–Kier alpha value is -1.71. The van der Waals surface area contributed by atoms with Gasteiger partial charge in [0.25, 0.3) is 0 Å². The van der Waals surface area contributed by atoms with E-state index in [9.17, 15) is 13.2 Å². The van der Waals surface area contributed by atoms with Crippen LogP contribution in [0.5, 0.6) is 0 Å². The lowest BCUT2D eigenvalue weighted by atomic mass is 10.2. The Morgan fingerprint density at radius 1 is 1.06 bits per heavy atom. The van der Waals surface area contributed by atoms with Crippen LogP contribution in [0.4, 0.5) is 5.13 Å². The van der Waals surface area contributed by atoms with Crippen molar-refractivity contribution in [3.05, 3.63) is 53.1 Å². The molecular formula is C23H29Cl2N3O3S2. The largest absolute Gasteiger partial charge is 0.302 e. The van der Waals surface area contributed by atoms with Crippen molar-refractivity contribution in [2.24, 2.45) is 0 Å². The van der Waals surface area contributed by atoms with E-state index in [4.69, 9.17) is 11.6 Å². The lowest BCUT2D eigenvalue weighted by Gasteiger charge is -2.24. The molecule has 0 aliphatic heterocycles. The zero-order valence-electron chi connectivity index (χ0n) is 19.0. The van der Waals surface area contributed by atoms with Crippen molar-refractivity contribution >= 4 is 66.4 Å². The SMILES string of the molecule is CCN(CC)CCN(C(=O)CCS(=O)(=O)c1ccc(C)cc1)c1nc2ccc(Cl)cc2s1.Cl. The van der Waals surface area contributed by atoms with Crippen molar-refractivity contribution in [1.29, 1.82) is 0 Å². The first kappa shape index (κ1) is 27.5. The molecule has 0 radical (unpaired) electrons. The minimum atomic E-state index is -3.55. The van der Waals surface area contributed by atoms with Gasteiger partial charge in [-0.2, -0.15) is 0 Å². The van der Waals surface area contributed by atoms with Gasteiger partial charge in [0, 0.05) is 24.5 Å². The number of aromatic nitrogens is 1. The van der Waals surface area contributed by atoms with Gasteiger partial charge in [-0.25, -0.2) is 13.4 Å². The summed E-state index contributed by atoms with van der Waals surface area (Å²) in [6, 6.07) is 12.1. The van der Waals surface area contributed by atoms with Gasteiger partial charge in [-0.1, -0.05) is 54.5 Å². The van der Waals surface area contributed by atoms with Crippen molar-refractivity contribution in [3.8, 4) is 0 Å². The summed E-state index contributed by atoms with van der Waals surface area (Å²) in [5, 5.41) is 1.17. The van der Waals surface area contributed by atoms with E-state index in [1.54, 1.807) is 35.2 Å². The van der Waals surface area contributed by atoms with E-state index >= 15 is 0 Å². The van der Waals surface area contributed by atoms with Crippen LogP contribution in [0.25, 0.3) is 10.2 Å². The van der Waals surface area contributed by atoms with Crippen molar-refractivity contribution in [2.75, 3.05) is 36.8 Å². The smallest absolute Gasteiger partial charge is 0.229 e. The van der Waals surface area contributed by atoms with Crippen LogP contribution in [0.1, 0.15) is 25.8 Å². The van der Waals surface area contributed by atoms with E-state index in [0.29, 0.717) is 23.2 Å². The third kappa shape index (κ3) is 7.13. The van der Waals surface area contributed by atoms with E-state index in [-0.39, 0.29) is 35.4 Å². The van der Waals surface area contributed by atoms with Crippen LogP contribution >= 0.6 is 35.3 Å². The molecule has 1 aromatic heterocycles. The second-order valence-electron chi connectivity index (χ2n) is 7.56. The molecule has 6 nitrogen and oxygen atoms in total. The number of fused-ring (bicyclic) bond motifs is 1. The molecule has 1 amide bonds. The Kier molecular flexibility index (Phi) is 10.1. The van der Waals surface area contributed by atoms with Crippen LogP contribution in [0, 0.1) is 6.92 Å². The molecule has 3 aromatic rings. The number of rotatable bonds is 10. The van der Waals surface area contributed by atoms with Crippen LogP contribution < -0.4 is 4.90 Å². The van der Waals surface area contributed by atoms with E-state index in [2.05, 4.69) is 23.7 Å². The third-order valence-electron chi connectivity index (χ3n) is 5.37. The number of amides is 1. The summed E-state index contributed by atoms with van der Waals surface area (Å²) in [5.74, 6) is -0.495. The van der Waals surface area contributed by atoms with Crippen molar-refractivity contribution in [2.45, 2.75) is 32.1 Å². The van der Waals surface area contributed by atoms with Crippen LogP contribution in [0.2, 0.25) is 5.02 Å². The second-order valence-corrected chi connectivity index (χ2v) is 11.1. The monoisotopic (exact) mass is 529 g/mol. The normalized spacial score (nSPS) is 11.5. The molecule has 0 spiro atoms. The van der Waals surface area contributed by atoms with Crippen LogP contribution in [-0.4, -0.2) is 56.1 Å².